The zero-order valence-electron chi connectivity index (χ0n) is 12.3. The molecule has 0 amide bonds. The van der Waals surface area contributed by atoms with E-state index < -0.39 is 12.0 Å². The topological polar surface area (TPSA) is 53.4 Å². The summed E-state index contributed by atoms with van der Waals surface area (Å²) in [5, 5.41) is 10.5. The molecule has 0 bridgehead atoms. The van der Waals surface area contributed by atoms with Crippen molar-refractivity contribution in [2.75, 3.05) is 6.54 Å². The Morgan fingerprint density at radius 1 is 1.26 bits per heavy atom. The van der Waals surface area contributed by atoms with E-state index >= 15 is 0 Å². The second-order valence-corrected chi connectivity index (χ2v) is 6.35. The number of likely N-dealkylation sites (tertiary alicyclic amines) is 1. The van der Waals surface area contributed by atoms with Crippen molar-refractivity contribution in [2.24, 2.45) is 0 Å². The number of pyridine rings is 1. The van der Waals surface area contributed by atoms with Crippen LogP contribution in [0.1, 0.15) is 30.0 Å². The third kappa shape index (κ3) is 3.20. The second-order valence-electron chi connectivity index (χ2n) is 5.56. The van der Waals surface area contributed by atoms with Gasteiger partial charge in [0.1, 0.15) is 6.04 Å². The predicted molar refractivity (Wildman–Crippen MR) is 89.9 cm³/mol. The van der Waals surface area contributed by atoms with E-state index in [9.17, 15) is 9.90 Å². The van der Waals surface area contributed by atoms with Crippen molar-refractivity contribution < 1.29 is 9.90 Å². The molecular weight excluding hydrogens is 335 g/mol. The normalized spacial score (nSPS) is 19.7. The maximum atomic E-state index is 11.6. The van der Waals surface area contributed by atoms with Crippen molar-refractivity contribution >= 4 is 29.2 Å². The van der Waals surface area contributed by atoms with Gasteiger partial charge in [0.15, 0.2) is 0 Å². The Morgan fingerprint density at radius 2 is 2.00 bits per heavy atom. The molecule has 2 heterocycles. The first-order valence-electron chi connectivity index (χ1n) is 7.42. The second kappa shape index (κ2) is 6.87. The number of nitrogens with zero attached hydrogens (tertiary/aromatic N) is 2. The average molecular weight is 351 g/mol. The SMILES string of the molecule is O=C(O)C1CCCN1C(c1ccncc1)c1cccc(Cl)c1Cl. The maximum absolute atomic E-state index is 11.6. The number of hydrogen-bond acceptors (Lipinski definition) is 3. The van der Waals surface area contributed by atoms with Crippen molar-refractivity contribution in [1.29, 1.82) is 0 Å². The summed E-state index contributed by atoms with van der Waals surface area (Å²) in [6, 6.07) is 8.46. The number of aromatic nitrogens is 1. The van der Waals surface area contributed by atoms with Gasteiger partial charge in [0, 0.05) is 18.9 Å². The summed E-state index contributed by atoms with van der Waals surface area (Å²) in [6.45, 7) is 0.701. The van der Waals surface area contributed by atoms with Crippen LogP contribution >= 0.6 is 23.2 Å². The monoisotopic (exact) mass is 350 g/mol. The van der Waals surface area contributed by atoms with Crippen LogP contribution in [0.5, 0.6) is 0 Å². The molecule has 0 radical (unpaired) electrons. The van der Waals surface area contributed by atoms with Gasteiger partial charge in [-0.25, -0.2) is 0 Å². The van der Waals surface area contributed by atoms with Crippen LogP contribution in [0.25, 0.3) is 0 Å². The summed E-state index contributed by atoms with van der Waals surface area (Å²) >= 11 is 12.6. The molecule has 0 saturated carbocycles. The molecule has 1 fully saturated rings. The lowest BCUT2D eigenvalue weighted by molar-refractivity contribution is -0.142. The molecule has 2 aromatic rings. The highest BCUT2D eigenvalue weighted by Crippen LogP contribution is 2.39. The third-order valence-electron chi connectivity index (χ3n) is 4.21. The minimum absolute atomic E-state index is 0.257. The Morgan fingerprint density at radius 3 is 2.70 bits per heavy atom. The van der Waals surface area contributed by atoms with Gasteiger partial charge in [-0.15, -0.1) is 0 Å². The highest BCUT2D eigenvalue weighted by molar-refractivity contribution is 6.42. The molecule has 1 aromatic heterocycles. The first kappa shape index (κ1) is 16.2. The largest absolute Gasteiger partial charge is 0.480 e. The molecule has 2 unspecified atom stereocenters. The van der Waals surface area contributed by atoms with Gasteiger partial charge < -0.3 is 5.11 Å². The molecule has 3 rings (SSSR count). The summed E-state index contributed by atoms with van der Waals surface area (Å²) < 4.78 is 0. The van der Waals surface area contributed by atoms with Crippen LogP contribution in [0.2, 0.25) is 10.0 Å². The Kier molecular flexibility index (Phi) is 4.85. The summed E-state index contributed by atoms with van der Waals surface area (Å²) in [5.41, 5.74) is 1.77. The highest BCUT2D eigenvalue weighted by atomic mass is 35.5. The minimum Gasteiger partial charge on any atom is -0.480 e. The molecule has 120 valence electrons. The number of carboxylic acid groups (broad SMARTS) is 1. The Balaban J connectivity index is 2.11. The van der Waals surface area contributed by atoms with Gasteiger partial charge in [-0.1, -0.05) is 35.3 Å². The zero-order valence-corrected chi connectivity index (χ0v) is 13.8. The van der Waals surface area contributed by atoms with Crippen LogP contribution in [0.4, 0.5) is 0 Å². The fraction of sp³-hybridized carbons (Fsp3) is 0.294. The van der Waals surface area contributed by atoms with Gasteiger partial charge in [-0.05, 0) is 42.2 Å². The molecule has 6 heteroatoms. The lowest BCUT2D eigenvalue weighted by Crippen LogP contribution is -2.39. The van der Waals surface area contributed by atoms with Gasteiger partial charge in [0.2, 0.25) is 0 Å². The minimum atomic E-state index is -0.806. The van der Waals surface area contributed by atoms with E-state index in [0.717, 1.165) is 17.5 Å². The fourth-order valence-electron chi connectivity index (χ4n) is 3.19. The summed E-state index contributed by atoms with van der Waals surface area (Å²) in [5.74, 6) is -0.806. The van der Waals surface area contributed by atoms with Gasteiger partial charge in [-0.3, -0.25) is 14.7 Å². The molecule has 1 aliphatic heterocycles. The Bertz CT molecular complexity index is 709. The van der Waals surface area contributed by atoms with Gasteiger partial charge >= 0.3 is 5.97 Å². The standard InChI is InChI=1S/C17H16Cl2N2O2/c18-13-4-1-3-12(15(13)19)16(11-6-8-20-9-7-11)21-10-2-5-14(21)17(22)23/h1,3-4,6-9,14,16H,2,5,10H2,(H,22,23). The van der Waals surface area contributed by atoms with Crippen molar-refractivity contribution in [3.05, 3.63) is 63.9 Å². The molecule has 1 aliphatic rings. The van der Waals surface area contributed by atoms with E-state index in [0.29, 0.717) is 23.0 Å². The predicted octanol–water partition coefficient (Wildman–Crippen LogP) is 4.03. The molecule has 0 aliphatic carbocycles. The van der Waals surface area contributed by atoms with E-state index in [4.69, 9.17) is 23.2 Å². The number of halogens is 2. The molecule has 1 saturated heterocycles. The number of rotatable bonds is 4. The number of benzene rings is 1. The smallest absolute Gasteiger partial charge is 0.320 e. The summed E-state index contributed by atoms with van der Waals surface area (Å²) in [6.07, 6.45) is 4.88. The van der Waals surface area contributed by atoms with Crippen molar-refractivity contribution in [3.8, 4) is 0 Å². The van der Waals surface area contributed by atoms with Crippen LogP contribution in [-0.4, -0.2) is 33.5 Å². The number of aliphatic carboxylic acids is 1. The molecule has 2 atom stereocenters. The van der Waals surface area contributed by atoms with Crippen LogP contribution in [0.3, 0.4) is 0 Å². The van der Waals surface area contributed by atoms with Crippen LogP contribution in [-0.2, 0) is 4.79 Å². The Hall–Kier alpha value is -1.62. The van der Waals surface area contributed by atoms with Gasteiger partial charge in [-0.2, -0.15) is 0 Å². The van der Waals surface area contributed by atoms with E-state index in [-0.39, 0.29) is 6.04 Å². The molecule has 23 heavy (non-hydrogen) atoms. The highest BCUT2D eigenvalue weighted by Gasteiger charge is 2.37. The van der Waals surface area contributed by atoms with Crippen molar-refractivity contribution in [2.45, 2.75) is 24.9 Å². The molecule has 1 aromatic carbocycles. The first-order chi connectivity index (χ1) is 11.1. The molecule has 4 nitrogen and oxygen atoms in total. The fourth-order valence-corrected chi connectivity index (χ4v) is 3.60. The van der Waals surface area contributed by atoms with Crippen LogP contribution in [0, 0.1) is 0 Å². The van der Waals surface area contributed by atoms with Crippen molar-refractivity contribution in [3.63, 3.8) is 0 Å². The molecular formula is C17H16Cl2N2O2. The third-order valence-corrected chi connectivity index (χ3v) is 5.04. The quantitative estimate of drug-likeness (QED) is 0.904. The summed E-state index contributed by atoms with van der Waals surface area (Å²) in [7, 11) is 0. The number of carboxylic acids is 1. The van der Waals surface area contributed by atoms with E-state index in [2.05, 4.69) is 4.98 Å². The average Bonchev–Trinajstić information content (AvgIpc) is 3.02. The number of hydrogen-bond donors (Lipinski definition) is 1. The zero-order chi connectivity index (χ0) is 16.4. The lowest BCUT2D eigenvalue weighted by atomic mass is 9.97. The summed E-state index contributed by atoms with van der Waals surface area (Å²) in [4.78, 5) is 17.6. The van der Waals surface area contributed by atoms with Crippen molar-refractivity contribution in [1.82, 2.24) is 9.88 Å². The maximum Gasteiger partial charge on any atom is 0.320 e. The van der Waals surface area contributed by atoms with Gasteiger partial charge in [0.25, 0.3) is 0 Å². The van der Waals surface area contributed by atoms with Crippen LogP contribution in [0.15, 0.2) is 42.7 Å². The number of carbonyl (C=O) groups is 1. The Labute approximate surface area is 144 Å². The van der Waals surface area contributed by atoms with E-state index in [1.807, 2.05) is 29.2 Å². The first-order valence-corrected chi connectivity index (χ1v) is 8.17. The molecule has 1 N–H and O–H groups in total. The van der Waals surface area contributed by atoms with E-state index in [1.165, 1.54) is 0 Å². The van der Waals surface area contributed by atoms with E-state index in [1.54, 1.807) is 18.5 Å². The molecule has 0 spiro atoms. The van der Waals surface area contributed by atoms with Gasteiger partial charge in [0.05, 0.1) is 16.1 Å². The van der Waals surface area contributed by atoms with Crippen LogP contribution < -0.4 is 0 Å². The lowest BCUT2D eigenvalue weighted by Gasteiger charge is -2.32.